The highest BCUT2D eigenvalue weighted by Gasteiger charge is 2.10. The Kier molecular flexibility index (Phi) is 5.78. The van der Waals surface area contributed by atoms with Crippen LogP contribution in [0.1, 0.15) is 53.8 Å². The number of amides is 2. The topological polar surface area (TPSA) is 106 Å². The van der Waals surface area contributed by atoms with Crippen LogP contribution in [-0.4, -0.2) is 23.4 Å². The van der Waals surface area contributed by atoms with Gasteiger partial charge >= 0.3 is 0 Å². The highest BCUT2D eigenvalue weighted by Crippen LogP contribution is 2.17. The Hall–Kier alpha value is -2.50. The predicted octanol–water partition coefficient (Wildman–Crippen LogP) is 1.69. The Labute approximate surface area is 122 Å². The molecule has 1 aromatic carbocycles. The lowest BCUT2D eigenvalue weighted by Crippen LogP contribution is -2.15. The number of primary amides is 1. The number of benzene rings is 1. The Morgan fingerprint density at radius 2 is 1.48 bits per heavy atom. The van der Waals surface area contributed by atoms with Gasteiger partial charge in [0, 0.05) is 29.7 Å². The molecule has 0 fully saturated rings. The third kappa shape index (κ3) is 5.56. The minimum absolute atomic E-state index is 0.138. The molecule has 0 spiro atoms. The lowest BCUT2D eigenvalue weighted by atomic mass is 10.0. The average molecular weight is 290 g/mol. The molecule has 112 valence electrons. The van der Waals surface area contributed by atoms with Crippen LogP contribution in [0.3, 0.4) is 0 Å². The predicted molar refractivity (Wildman–Crippen MR) is 78.1 cm³/mol. The molecular weight excluding hydrogens is 272 g/mol. The largest absolute Gasteiger partial charge is 0.370 e. The van der Waals surface area contributed by atoms with Crippen LogP contribution in [-0.2, 0) is 9.59 Å². The van der Waals surface area contributed by atoms with Crippen molar-refractivity contribution in [2.45, 2.75) is 33.1 Å². The van der Waals surface area contributed by atoms with E-state index in [0.29, 0.717) is 23.2 Å². The number of rotatable bonds is 7. The smallest absolute Gasteiger partial charge is 0.224 e. The molecule has 0 bridgehead atoms. The van der Waals surface area contributed by atoms with Crippen LogP contribution in [0, 0.1) is 0 Å². The summed E-state index contributed by atoms with van der Waals surface area (Å²) in [6, 6.07) is 4.52. The molecule has 0 atom stereocenters. The third-order valence-corrected chi connectivity index (χ3v) is 2.86. The molecule has 1 rings (SSSR count). The zero-order chi connectivity index (χ0) is 16.0. The van der Waals surface area contributed by atoms with Crippen LogP contribution >= 0.6 is 0 Å². The number of carbonyl (C=O) groups excluding carboxylic acids is 4. The fourth-order valence-corrected chi connectivity index (χ4v) is 1.75. The van der Waals surface area contributed by atoms with Gasteiger partial charge < -0.3 is 11.1 Å². The van der Waals surface area contributed by atoms with Gasteiger partial charge in [0.1, 0.15) is 0 Å². The molecule has 6 nitrogen and oxygen atoms in total. The van der Waals surface area contributed by atoms with E-state index in [2.05, 4.69) is 5.32 Å². The Balaban J connectivity index is 2.82. The number of nitrogens with one attached hydrogen (secondary N) is 1. The normalized spacial score (nSPS) is 10.0. The van der Waals surface area contributed by atoms with Gasteiger partial charge in [0.15, 0.2) is 11.6 Å². The lowest BCUT2D eigenvalue weighted by Gasteiger charge is -2.08. The molecule has 0 unspecified atom stereocenters. The fraction of sp³-hybridized carbons (Fsp3) is 0.333. The van der Waals surface area contributed by atoms with Crippen molar-refractivity contribution in [3.8, 4) is 0 Å². The van der Waals surface area contributed by atoms with Gasteiger partial charge in [-0.15, -0.1) is 0 Å². The van der Waals surface area contributed by atoms with Crippen molar-refractivity contribution in [3.63, 3.8) is 0 Å². The SMILES string of the molecule is CC(=O)c1cc(NC(=O)CCCC(N)=O)cc(C(C)=O)c1. The summed E-state index contributed by atoms with van der Waals surface area (Å²) in [6.07, 6.45) is 0.634. The zero-order valence-electron chi connectivity index (χ0n) is 12.1. The summed E-state index contributed by atoms with van der Waals surface area (Å²) in [6.45, 7) is 2.77. The molecule has 0 aromatic heterocycles. The number of nitrogens with two attached hydrogens (primary N) is 1. The maximum Gasteiger partial charge on any atom is 0.224 e. The van der Waals surface area contributed by atoms with Crippen LogP contribution < -0.4 is 11.1 Å². The van der Waals surface area contributed by atoms with Crippen molar-refractivity contribution in [2.75, 3.05) is 5.32 Å². The molecule has 0 heterocycles. The first-order valence-corrected chi connectivity index (χ1v) is 6.54. The molecular formula is C15H18N2O4. The highest BCUT2D eigenvalue weighted by atomic mass is 16.2. The van der Waals surface area contributed by atoms with E-state index in [-0.39, 0.29) is 30.3 Å². The van der Waals surface area contributed by atoms with E-state index < -0.39 is 5.91 Å². The number of Topliss-reactive ketones (excluding diaryl/α,β-unsaturated/α-hetero) is 2. The quantitative estimate of drug-likeness (QED) is 0.745. The molecule has 0 aliphatic heterocycles. The van der Waals surface area contributed by atoms with E-state index in [9.17, 15) is 19.2 Å². The van der Waals surface area contributed by atoms with Crippen molar-refractivity contribution in [1.82, 2.24) is 0 Å². The minimum atomic E-state index is -0.458. The van der Waals surface area contributed by atoms with Crippen molar-refractivity contribution >= 4 is 29.1 Å². The van der Waals surface area contributed by atoms with E-state index in [0.717, 1.165) is 0 Å². The third-order valence-electron chi connectivity index (χ3n) is 2.86. The maximum atomic E-state index is 11.7. The van der Waals surface area contributed by atoms with Crippen molar-refractivity contribution in [1.29, 1.82) is 0 Å². The van der Waals surface area contributed by atoms with Crippen LogP contribution in [0.4, 0.5) is 5.69 Å². The summed E-state index contributed by atoms with van der Waals surface area (Å²) in [5.74, 6) is -1.14. The Bertz CT molecular complexity index is 561. The molecule has 21 heavy (non-hydrogen) atoms. The lowest BCUT2D eigenvalue weighted by molar-refractivity contribution is -0.118. The van der Waals surface area contributed by atoms with E-state index in [1.54, 1.807) is 0 Å². The van der Waals surface area contributed by atoms with E-state index in [1.165, 1.54) is 32.0 Å². The molecule has 0 aliphatic carbocycles. The second kappa shape index (κ2) is 7.33. The second-order valence-corrected chi connectivity index (χ2v) is 4.78. The molecule has 0 saturated heterocycles. The maximum absolute atomic E-state index is 11.7. The molecule has 3 N–H and O–H groups in total. The number of carbonyl (C=O) groups is 4. The minimum Gasteiger partial charge on any atom is -0.370 e. The molecule has 6 heteroatoms. The first kappa shape index (κ1) is 16.6. The van der Waals surface area contributed by atoms with E-state index >= 15 is 0 Å². The average Bonchev–Trinajstić information content (AvgIpc) is 2.37. The van der Waals surface area contributed by atoms with E-state index in [1.807, 2.05) is 0 Å². The summed E-state index contributed by atoms with van der Waals surface area (Å²) < 4.78 is 0. The van der Waals surface area contributed by atoms with Gasteiger partial charge in [0.25, 0.3) is 0 Å². The summed E-state index contributed by atoms with van der Waals surface area (Å²) in [5, 5.41) is 2.61. The number of anilines is 1. The molecule has 0 radical (unpaired) electrons. The monoisotopic (exact) mass is 290 g/mol. The highest BCUT2D eigenvalue weighted by molar-refractivity contribution is 6.02. The summed E-state index contributed by atoms with van der Waals surface area (Å²) in [5.41, 5.74) is 6.09. The summed E-state index contributed by atoms with van der Waals surface area (Å²) >= 11 is 0. The Morgan fingerprint density at radius 3 is 1.90 bits per heavy atom. The number of hydrogen-bond acceptors (Lipinski definition) is 4. The van der Waals surface area contributed by atoms with Gasteiger partial charge in [-0.25, -0.2) is 0 Å². The van der Waals surface area contributed by atoms with Crippen LogP contribution in [0.2, 0.25) is 0 Å². The van der Waals surface area contributed by atoms with Gasteiger partial charge in [-0.05, 0) is 38.5 Å². The van der Waals surface area contributed by atoms with Crippen molar-refractivity contribution < 1.29 is 19.2 Å². The Morgan fingerprint density at radius 1 is 0.952 bits per heavy atom. The molecule has 2 amide bonds. The molecule has 0 aliphatic rings. The van der Waals surface area contributed by atoms with Crippen molar-refractivity contribution in [2.24, 2.45) is 5.73 Å². The van der Waals surface area contributed by atoms with Crippen LogP contribution in [0.15, 0.2) is 18.2 Å². The van der Waals surface area contributed by atoms with Gasteiger partial charge in [-0.3, -0.25) is 19.2 Å². The van der Waals surface area contributed by atoms with Gasteiger partial charge in [-0.2, -0.15) is 0 Å². The number of hydrogen-bond donors (Lipinski definition) is 2. The summed E-state index contributed by atoms with van der Waals surface area (Å²) in [4.78, 5) is 45.2. The second-order valence-electron chi connectivity index (χ2n) is 4.78. The van der Waals surface area contributed by atoms with E-state index in [4.69, 9.17) is 5.73 Å². The first-order chi connectivity index (χ1) is 9.79. The standard InChI is InChI=1S/C15H18N2O4/c1-9(18)11-6-12(10(2)19)8-13(7-11)17-15(21)5-3-4-14(16)20/h6-8H,3-5H2,1-2H3,(H2,16,20)(H,17,21). The number of ketones is 2. The zero-order valence-corrected chi connectivity index (χ0v) is 12.1. The molecule has 1 aromatic rings. The van der Waals surface area contributed by atoms with Crippen LogP contribution in [0.25, 0.3) is 0 Å². The van der Waals surface area contributed by atoms with Crippen LogP contribution in [0.5, 0.6) is 0 Å². The van der Waals surface area contributed by atoms with Gasteiger partial charge in [-0.1, -0.05) is 0 Å². The summed E-state index contributed by atoms with van der Waals surface area (Å²) in [7, 11) is 0. The van der Waals surface area contributed by atoms with Gasteiger partial charge in [0.05, 0.1) is 0 Å². The van der Waals surface area contributed by atoms with Gasteiger partial charge in [0.2, 0.25) is 11.8 Å². The van der Waals surface area contributed by atoms with Crippen molar-refractivity contribution in [3.05, 3.63) is 29.3 Å². The molecule has 0 saturated carbocycles. The fourth-order valence-electron chi connectivity index (χ4n) is 1.75. The first-order valence-electron chi connectivity index (χ1n) is 6.54.